The van der Waals surface area contributed by atoms with Gasteiger partial charge in [0.15, 0.2) is 0 Å². The van der Waals surface area contributed by atoms with Gasteiger partial charge in [-0.3, -0.25) is 0 Å². The molecule has 0 amide bonds. The molecule has 3 fully saturated rings. The minimum atomic E-state index is 0.143. The van der Waals surface area contributed by atoms with Crippen molar-refractivity contribution in [1.82, 2.24) is 4.98 Å². The first kappa shape index (κ1) is 12.0. The molecule has 3 heteroatoms. The van der Waals surface area contributed by atoms with Crippen LogP contribution in [0.1, 0.15) is 44.1 Å². The first-order chi connectivity index (χ1) is 8.59. The number of rotatable bonds is 3. The minimum Gasteiger partial charge on any atom is -0.477 e. The number of aryl methyl sites for hydroxylation is 1. The third-order valence-corrected chi connectivity index (χ3v) is 4.87. The Kier molecular flexibility index (Phi) is 2.81. The number of hydrogen-bond acceptors (Lipinski definition) is 3. The molecule has 0 aliphatic heterocycles. The highest BCUT2D eigenvalue weighted by Gasteiger charge is 2.47. The van der Waals surface area contributed by atoms with E-state index in [-0.39, 0.29) is 5.54 Å². The summed E-state index contributed by atoms with van der Waals surface area (Å²) in [5, 5.41) is 0. The molecule has 3 saturated carbocycles. The fourth-order valence-electron chi connectivity index (χ4n) is 3.28. The third-order valence-electron chi connectivity index (χ3n) is 4.87. The SMILES string of the molecule is Cc1ccc(OCC23CCC(N)(CC2)CC3)nc1. The van der Waals surface area contributed by atoms with Gasteiger partial charge in [0.05, 0.1) is 6.61 Å². The van der Waals surface area contributed by atoms with E-state index in [0.29, 0.717) is 5.41 Å². The normalized spacial score (nSPS) is 34.6. The maximum atomic E-state index is 6.33. The molecule has 4 rings (SSSR count). The number of nitrogens with two attached hydrogens (primary N) is 1. The highest BCUT2D eigenvalue weighted by molar-refractivity contribution is 5.16. The second kappa shape index (κ2) is 4.23. The zero-order valence-corrected chi connectivity index (χ0v) is 11.1. The number of pyridine rings is 1. The summed E-state index contributed by atoms with van der Waals surface area (Å²) in [5.74, 6) is 0.755. The monoisotopic (exact) mass is 246 g/mol. The average Bonchev–Trinajstić information content (AvgIpc) is 2.40. The van der Waals surface area contributed by atoms with Crippen molar-refractivity contribution in [2.45, 2.75) is 51.0 Å². The van der Waals surface area contributed by atoms with E-state index < -0.39 is 0 Å². The van der Waals surface area contributed by atoms with Crippen LogP contribution in [0.3, 0.4) is 0 Å². The predicted molar refractivity (Wildman–Crippen MR) is 71.5 cm³/mol. The first-order valence-electron chi connectivity index (χ1n) is 6.94. The molecule has 0 radical (unpaired) electrons. The van der Waals surface area contributed by atoms with Crippen molar-refractivity contribution in [2.75, 3.05) is 6.61 Å². The molecule has 1 heterocycles. The molecule has 2 N–H and O–H groups in total. The molecule has 3 aliphatic rings. The van der Waals surface area contributed by atoms with Crippen molar-refractivity contribution < 1.29 is 4.74 Å². The van der Waals surface area contributed by atoms with Crippen LogP contribution in [-0.4, -0.2) is 17.1 Å². The van der Waals surface area contributed by atoms with Crippen LogP contribution in [0.5, 0.6) is 5.88 Å². The van der Waals surface area contributed by atoms with Crippen LogP contribution in [0.4, 0.5) is 0 Å². The Labute approximate surface area is 109 Å². The van der Waals surface area contributed by atoms with Crippen LogP contribution in [0.2, 0.25) is 0 Å². The second-order valence-corrected chi connectivity index (χ2v) is 6.32. The van der Waals surface area contributed by atoms with Gasteiger partial charge in [0.25, 0.3) is 0 Å². The Bertz CT molecular complexity index is 402. The summed E-state index contributed by atoms with van der Waals surface area (Å²) < 4.78 is 5.90. The maximum absolute atomic E-state index is 6.33. The predicted octanol–water partition coefficient (Wildman–Crippen LogP) is 2.82. The van der Waals surface area contributed by atoms with E-state index in [2.05, 4.69) is 4.98 Å². The minimum absolute atomic E-state index is 0.143. The molecule has 3 aliphatic carbocycles. The van der Waals surface area contributed by atoms with Gasteiger partial charge in [0, 0.05) is 23.2 Å². The molecule has 0 aromatic carbocycles. The van der Waals surface area contributed by atoms with Gasteiger partial charge in [-0.2, -0.15) is 0 Å². The van der Waals surface area contributed by atoms with Gasteiger partial charge in [-0.05, 0) is 51.0 Å². The number of aromatic nitrogens is 1. The molecule has 0 atom stereocenters. The van der Waals surface area contributed by atoms with Crippen molar-refractivity contribution >= 4 is 0 Å². The van der Waals surface area contributed by atoms with Crippen LogP contribution in [0.15, 0.2) is 18.3 Å². The van der Waals surface area contributed by atoms with Gasteiger partial charge in [-0.25, -0.2) is 4.98 Å². The first-order valence-corrected chi connectivity index (χ1v) is 6.94. The fraction of sp³-hybridized carbons (Fsp3) is 0.667. The van der Waals surface area contributed by atoms with Crippen LogP contribution >= 0.6 is 0 Å². The van der Waals surface area contributed by atoms with Crippen molar-refractivity contribution in [3.05, 3.63) is 23.9 Å². The molecular weight excluding hydrogens is 224 g/mol. The van der Waals surface area contributed by atoms with E-state index in [0.717, 1.165) is 31.7 Å². The molecule has 0 saturated heterocycles. The summed E-state index contributed by atoms with van der Waals surface area (Å²) in [7, 11) is 0. The van der Waals surface area contributed by atoms with Crippen LogP contribution < -0.4 is 10.5 Å². The summed E-state index contributed by atoms with van der Waals surface area (Å²) in [6.07, 6.45) is 9.01. The standard InChI is InChI=1S/C15H22N2O/c1-12-2-3-13(17-10-12)18-11-14-4-7-15(16,8-5-14)9-6-14/h2-3,10H,4-9,11,16H2,1H3. The quantitative estimate of drug-likeness (QED) is 0.892. The van der Waals surface area contributed by atoms with Crippen molar-refractivity contribution in [1.29, 1.82) is 0 Å². The smallest absolute Gasteiger partial charge is 0.213 e. The maximum Gasteiger partial charge on any atom is 0.213 e. The fourth-order valence-corrected chi connectivity index (χ4v) is 3.28. The van der Waals surface area contributed by atoms with Crippen molar-refractivity contribution in [2.24, 2.45) is 11.1 Å². The zero-order valence-electron chi connectivity index (χ0n) is 11.1. The lowest BCUT2D eigenvalue weighted by molar-refractivity contribution is 0.00407. The Balaban J connectivity index is 1.62. The molecule has 98 valence electrons. The van der Waals surface area contributed by atoms with Crippen LogP contribution in [0, 0.1) is 12.3 Å². The summed E-state index contributed by atoms with van der Waals surface area (Å²) in [5.41, 5.74) is 8.01. The lowest BCUT2D eigenvalue weighted by Gasteiger charge is -2.51. The number of hydrogen-bond donors (Lipinski definition) is 1. The molecule has 0 spiro atoms. The van der Waals surface area contributed by atoms with E-state index in [9.17, 15) is 0 Å². The zero-order chi connectivity index (χ0) is 12.6. The molecule has 2 bridgehead atoms. The number of nitrogens with zero attached hydrogens (tertiary/aromatic N) is 1. The van der Waals surface area contributed by atoms with Gasteiger partial charge in [0.2, 0.25) is 5.88 Å². The van der Waals surface area contributed by atoms with Gasteiger partial charge in [-0.1, -0.05) is 6.07 Å². The Morgan fingerprint density at radius 3 is 2.39 bits per heavy atom. The van der Waals surface area contributed by atoms with Gasteiger partial charge in [-0.15, -0.1) is 0 Å². The number of ether oxygens (including phenoxy) is 1. The summed E-state index contributed by atoms with van der Waals surface area (Å²) >= 11 is 0. The molecule has 0 unspecified atom stereocenters. The summed E-state index contributed by atoms with van der Waals surface area (Å²) in [6, 6.07) is 4.01. The van der Waals surface area contributed by atoms with Gasteiger partial charge in [0.1, 0.15) is 0 Å². The lowest BCUT2D eigenvalue weighted by Crippen LogP contribution is -2.53. The van der Waals surface area contributed by atoms with E-state index >= 15 is 0 Å². The largest absolute Gasteiger partial charge is 0.477 e. The average molecular weight is 246 g/mol. The molecule has 1 aromatic heterocycles. The molecular formula is C15H22N2O. The summed E-state index contributed by atoms with van der Waals surface area (Å²) in [4.78, 5) is 4.31. The molecule has 3 nitrogen and oxygen atoms in total. The third kappa shape index (κ3) is 2.24. The van der Waals surface area contributed by atoms with Crippen LogP contribution in [-0.2, 0) is 0 Å². The van der Waals surface area contributed by atoms with E-state index in [1.807, 2.05) is 25.3 Å². The van der Waals surface area contributed by atoms with Gasteiger partial charge < -0.3 is 10.5 Å². The Morgan fingerprint density at radius 2 is 1.83 bits per heavy atom. The van der Waals surface area contributed by atoms with E-state index in [1.165, 1.54) is 24.8 Å². The highest BCUT2D eigenvalue weighted by Crippen LogP contribution is 2.51. The highest BCUT2D eigenvalue weighted by atomic mass is 16.5. The lowest BCUT2D eigenvalue weighted by atomic mass is 9.58. The van der Waals surface area contributed by atoms with E-state index in [4.69, 9.17) is 10.5 Å². The Hall–Kier alpha value is -1.09. The van der Waals surface area contributed by atoms with Crippen molar-refractivity contribution in [3.63, 3.8) is 0 Å². The van der Waals surface area contributed by atoms with E-state index in [1.54, 1.807) is 0 Å². The van der Waals surface area contributed by atoms with Gasteiger partial charge >= 0.3 is 0 Å². The molecule has 1 aromatic rings. The van der Waals surface area contributed by atoms with Crippen LogP contribution in [0.25, 0.3) is 0 Å². The summed E-state index contributed by atoms with van der Waals surface area (Å²) in [6.45, 7) is 2.84. The topological polar surface area (TPSA) is 48.1 Å². The Morgan fingerprint density at radius 1 is 1.17 bits per heavy atom. The second-order valence-electron chi connectivity index (χ2n) is 6.32. The number of fused-ring (bicyclic) bond motifs is 3. The molecule has 18 heavy (non-hydrogen) atoms. The van der Waals surface area contributed by atoms with Crippen molar-refractivity contribution in [3.8, 4) is 5.88 Å².